The highest BCUT2D eigenvalue weighted by atomic mass is 19.1. The average molecular weight is 223 g/mol. The van der Waals surface area contributed by atoms with E-state index in [-0.39, 0.29) is 0 Å². The molecule has 7 heteroatoms. The van der Waals surface area contributed by atoms with E-state index in [9.17, 15) is 4.39 Å². The Morgan fingerprint density at radius 2 is 2.38 bits per heavy atom. The van der Waals surface area contributed by atoms with E-state index < -0.39 is 5.95 Å². The van der Waals surface area contributed by atoms with Crippen molar-refractivity contribution in [2.45, 2.75) is 6.61 Å². The Morgan fingerprint density at radius 1 is 1.50 bits per heavy atom. The van der Waals surface area contributed by atoms with Gasteiger partial charge in [0.1, 0.15) is 6.61 Å². The first-order valence-corrected chi connectivity index (χ1v) is 4.57. The van der Waals surface area contributed by atoms with Crippen molar-refractivity contribution in [3.05, 3.63) is 30.1 Å². The number of hydrogen-bond acceptors (Lipinski definition) is 5. The SMILES string of the molecule is COCc1nc(Nc2ccc(F)nc2)n[nH]1. The smallest absolute Gasteiger partial charge is 0.246 e. The molecule has 0 radical (unpaired) electrons. The van der Waals surface area contributed by atoms with Crippen molar-refractivity contribution in [3.63, 3.8) is 0 Å². The van der Waals surface area contributed by atoms with Crippen LogP contribution in [-0.2, 0) is 11.3 Å². The molecule has 2 heterocycles. The Labute approximate surface area is 90.9 Å². The Kier molecular flexibility index (Phi) is 3.06. The number of nitrogens with zero attached hydrogens (tertiary/aromatic N) is 3. The van der Waals surface area contributed by atoms with Crippen LogP contribution in [0, 0.1) is 5.95 Å². The minimum Gasteiger partial charge on any atom is -0.377 e. The van der Waals surface area contributed by atoms with E-state index in [0.717, 1.165) is 0 Å². The number of H-pyrrole nitrogens is 1. The van der Waals surface area contributed by atoms with Crippen molar-refractivity contribution >= 4 is 11.6 Å². The summed E-state index contributed by atoms with van der Waals surface area (Å²) in [5.74, 6) is 0.473. The topological polar surface area (TPSA) is 75.7 Å². The van der Waals surface area contributed by atoms with Gasteiger partial charge in [-0.1, -0.05) is 0 Å². The fourth-order valence-electron chi connectivity index (χ4n) is 1.13. The second kappa shape index (κ2) is 4.67. The van der Waals surface area contributed by atoms with Crippen molar-refractivity contribution in [2.75, 3.05) is 12.4 Å². The minimum absolute atomic E-state index is 0.357. The second-order valence-electron chi connectivity index (χ2n) is 3.03. The highest BCUT2D eigenvalue weighted by Crippen LogP contribution is 2.11. The molecule has 0 unspecified atom stereocenters. The number of aromatic nitrogens is 4. The van der Waals surface area contributed by atoms with Gasteiger partial charge in [0.2, 0.25) is 11.9 Å². The summed E-state index contributed by atoms with van der Waals surface area (Å²) in [7, 11) is 1.57. The third-order valence-electron chi connectivity index (χ3n) is 1.80. The summed E-state index contributed by atoms with van der Waals surface area (Å²) in [5, 5.41) is 9.47. The highest BCUT2D eigenvalue weighted by molar-refractivity contribution is 5.50. The summed E-state index contributed by atoms with van der Waals surface area (Å²) in [6.07, 6.45) is 1.36. The maximum absolute atomic E-state index is 12.5. The van der Waals surface area contributed by atoms with Crippen LogP contribution in [0.5, 0.6) is 0 Å². The number of ether oxygens (including phenoxy) is 1. The molecule has 0 spiro atoms. The van der Waals surface area contributed by atoms with E-state index in [2.05, 4.69) is 25.5 Å². The molecule has 0 amide bonds. The van der Waals surface area contributed by atoms with Gasteiger partial charge in [-0.3, -0.25) is 5.10 Å². The summed E-state index contributed by atoms with van der Waals surface area (Å²) >= 11 is 0. The summed E-state index contributed by atoms with van der Waals surface area (Å²) in [4.78, 5) is 7.59. The molecule has 0 bridgehead atoms. The van der Waals surface area contributed by atoms with Crippen LogP contribution in [0.4, 0.5) is 16.0 Å². The fraction of sp³-hybridized carbons (Fsp3) is 0.222. The van der Waals surface area contributed by atoms with Crippen molar-refractivity contribution in [1.82, 2.24) is 20.2 Å². The lowest BCUT2D eigenvalue weighted by Gasteiger charge is -1.99. The standard InChI is InChI=1S/C9H10FN5O/c1-16-5-8-13-9(15-14-8)12-6-2-3-7(10)11-4-6/h2-4H,5H2,1H3,(H2,12,13,14,15). The van der Waals surface area contributed by atoms with E-state index in [0.29, 0.717) is 24.1 Å². The number of anilines is 2. The van der Waals surface area contributed by atoms with Crippen LogP contribution in [0.25, 0.3) is 0 Å². The number of methoxy groups -OCH3 is 1. The van der Waals surface area contributed by atoms with Gasteiger partial charge in [0.15, 0.2) is 5.82 Å². The zero-order valence-electron chi connectivity index (χ0n) is 8.57. The largest absolute Gasteiger partial charge is 0.377 e. The normalized spacial score (nSPS) is 10.4. The first-order chi connectivity index (χ1) is 7.78. The molecule has 2 rings (SSSR count). The molecule has 0 saturated heterocycles. The van der Waals surface area contributed by atoms with Crippen LogP contribution >= 0.6 is 0 Å². The molecule has 0 aliphatic heterocycles. The number of aromatic amines is 1. The number of rotatable bonds is 4. The van der Waals surface area contributed by atoms with Gasteiger partial charge in [-0.2, -0.15) is 9.37 Å². The Bertz CT molecular complexity index is 455. The molecule has 6 nitrogen and oxygen atoms in total. The molecule has 2 aromatic rings. The summed E-state index contributed by atoms with van der Waals surface area (Å²) < 4.78 is 17.4. The monoisotopic (exact) mass is 223 g/mol. The summed E-state index contributed by atoms with van der Waals surface area (Å²) in [6.45, 7) is 0.357. The van der Waals surface area contributed by atoms with Crippen molar-refractivity contribution < 1.29 is 9.13 Å². The summed E-state index contributed by atoms with van der Waals surface area (Å²) in [6, 6.07) is 2.81. The first kappa shape index (κ1) is 10.5. The molecular formula is C9H10FN5O. The molecule has 84 valence electrons. The number of nitrogens with one attached hydrogen (secondary N) is 2. The Hall–Kier alpha value is -2.02. The third kappa shape index (κ3) is 2.51. The lowest BCUT2D eigenvalue weighted by Crippen LogP contribution is -1.94. The van der Waals surface area contributed by atoms with E-state index in [1.807, 2.05) is 0 Å². The van der Waals surface area contributed by atoms with Crippen LogP contribution in [0.3, 0.4) is 0 Å². The molecule has 0 aromatic carbocycles. The molecule has 0 fully saturated rings. The number of halogens is 1. The quantitative estimate of drug-likeness (QED) is 0.762. The van der Waals surface area contributed by atoms with Gasteiger partial charge in [-0.05, 0) is 12.1 Å². The predicted octanol–water partition coefficient (Wildman–Crippen LogP) is 1.23. The molecule has 0 saturated carbocycles. The third-order valence-corrected chi connectivity index (χ3v) is 1.80. The van der Waals surface area contributed by atoms with E-state index in [1.165, 1.54) is 12.3 Å². The molecule has 16 heavy (non-hydrogen) atoms. The molecule has 0 atom stereocenters. The van der Waals surface area contributed by atoms with E-state index in [4.69, 9.17) is 4.74 Å². The van der Waals surface area contributed by atoms with Gasteiger partial charge in [0, 0.05) is 7.11 Å². The van der Waals surface area contributed by atoms with Crippen LogP contribution in [0.2, 0.25) is 0 Å². The first-order valence-electron chi connectivity index (χ1n) is 4.57. The van der Waals surface area contributed by atoms with Gasteiger partial charge in [0.25, 0.3) is 0 Å². The van der Waals surface area contributed by atoms with Crippen molar-refractivity contribution in [2.24, 2.45) is 0 Å². The maximum Gasteiger partial charge on any atom is 0.246 e. The fourth-order valence-corrected chi connectivity index (χ4v) is 1.13. The number of hydrogen-bond donors (Lipinski definition) is 2. The zero-order chi connectivity index (χ0) is 11.4. The van der Waals surface area contributed by atoms with Crippen molar-refractivity contribution in [1.29, 1.82) is 0 Å². The molecule has 0 aliphatic carbocycles. The lowest BCUT2D eigenvalue weighted by atomic mass is 10.4. The molecule has 0 aliphatic rings. The van der Waals surface area contributed by atoms with Crippen LogP contribution < -0.4 is 5.32 Å². The van der Waals surface area contributed by atoms with E-state index in [1.54, 1.807) is 13.2 Å². The van der Waals surface area contributed by atoms with Crippen LogP contribution in [0.15, 0.2) is 18.3 Å². The van der Waals surface area contributed by atoms with E-state index >= 15 is 0 Å². The van der Waals surface area contributed by atoms with Gasteiger partial charge in [-0.15, -0.1) is 5.10 Å². The van der Waals surface area contributed by atoms with Gasteiger partial charge < -0.3 is 10.1 Å². The van der Waals surface area contributed by atoms with Gasteiger partial charge >= 0.3 is 0 Å². The summed E-state index contributed by atoms with van der Waals surface area (Å²) in [5.41, 5.74) is 0.615. The van der Waals surface area contributed by atoms with Crippen LogP contribution in [-0.4, -0.2) is 27.3 Å². The Morgan fingerprint density at radius 3 is 3.06 bits per heavy atom. The van der Waals surface area contributed by atoms with Gasteiger partial charge in [0.05, 0.1) is 11.9 Å². The molecular weight excluding hydrogens is 213 g/mol. The second-order valence-corrected chi connectivity index (χ2v) is 3.03. The predicted molar refractivity (Wildman–Crippen MR) is 54.6 cm³/mol. The Balaban J connectivity index is 2.05. The van der Waals surface area contributed by atoms with Crippen molar-refractivity contribution in [3.8, 4) is 0 Å². The molecule has 2 N–H and O–H groups in total. The minimum atomic E-state index is -0.527. The van der Waals surface area contributed by atoms with Gasteiger partial charge in [-0.25, -0.2) is 4.98 Å². The molecule has 2 aromatic heterocycles. The lowest BCUT2D eigenvalue weighted by molar-refractivity contribution is 0.178. The number of pyridine rings is 1. The zero-order valence-corrected chi connectivity index (χ0v) is 8.57. The average Bonchev–Trinajstić information content (AvgIpc) is 2.70. The highest BCUT2D eigenvalue weighted by Gasteiger charge is 2.03. The van der Waals surface area contributed by atoms with Crippen LogP contribution in [0.1, 0.15) is 5.82 Å². The maximum atomic E-state index is 12.5.